The van der Waals surface area contributed by atoms with E-state index in [1.54, 1.807) is 0 Å². The van der Waals surface area contributed by atoms with Crippen LogP contribution in [0.4, 0.5) is 0 Å². The zero-order valence-electron chi connectivity index (χ0n) is 14.8. The quantitative estimate of drug-likeness (QED) is 0.497. The molecule has 26 heavy (non-hydrogen) atoms. The molecular weight excluding hydrogens is 336 g/mol. The first-order chi connectivity index (χ1) is 12.9. The SMILES string of the molecule is c1ccc(C[C@@H]2COC[C@H]2C(Sc2ccccc2)c2ccccc2)cc1. The normalized spacial score (nSPS) is 20.8. The van der Waals surface area contributed by atoms with E-state index in [-0.39, 0.29) is 0 Å². The fourth-order valence-electron chi connectivity index (χ4n) is 3.77. The Morgan fingerprint density at radius 2 is 1.38 bits per heavy atom. The molecule has 132 valence electrons. The van der Waals surface area contributed by atoms with Gasteiger partial charge in [-0.3, -0.25) is 0 Å². The molecule has 0 spiro atoms. The van der Waals surface area contributed by atoms with Crippen molar-refractivity contribution in [3.8, 4) is 0 Å². The van der Waals surface area contributed by atoms with Crippen molar-refractivity contribution in [3.63, 3.8) is 0 Å². The molecule has 3 atom stereocenters. The van der Waals surface area contributed by atoms with Gasteiger partial charge in [0.15, 0.2) is 0 Å². The Morgan fingerprint density at radius 3 is 2.08 bits per heavy atom. The van der Waals surface area contributed by atoms with Crippen molar-refractivity contribution in [3.05, 3.63) is 102 Å². The molecule has 0 aromatic heterocycles. The minimum absolute atomic E-state index is 0.412. The highest BCUT2D eigenvalue weighted by Gasteiger charge is 2.36. The second-order valence-corrected chi connectivity index (χ2v) is 8.13. The standard InChI is InChI=1S/C24H24OS/c1-4-10-19(11-5-1)16-21-17-25-18-23(21)24(20-12-6-2-7-13-20)26-22-14-8-3-9-15-22/h1-15,21,23-24H,16-18H2/t21-,23-,24?/m1/s1. The van der Waals surface area contributed by atoms with Gasteiger partial charge in [-0.1, -0.05) is 78.9 Å². The first-order valence-corrected chi connectivity index (χ1v) is 10.2. The summed E-state index contributed by atoms with van der Waals surface area (Å²) >= 11 is 1.97. The molecule has 0 aliphatic carbocycles. The summed E-state index contributed by atoms with van der Waals surface area (Å²) in [5, 5.41) is 0.412. The molecule has 1 aliphatic rings. The van der Waals surface area contributed by atoms with Crippen LogP contribution < -0.4 is 0 Å². The van der Waals surface area contributed by atoms with Gasteiger partial charge in [0, 0.05) is 16.1 Å². The molecule has 1 aliphatic heterocycles. The second-order valence-electron chi connectivity index (χ2n) is 6.91. The molecule has 3 aromatic carbocycles. The lowest BCUT2D eigenvalue weighted by Crippen LogP contribution is -2.21. The van der Waals surface area contributed by atoms with E-state index < -0.39 is 0 Å². The monoisotopic (exact) mass is 360 g/mol. The Morgan fingerprint density at radius 1 is 0.769 bits per heavy atom. The third-order valence-electron chi connectivity index (χ3n) is 5.11. The summed E-state index contributed by atoms with van der Waals surface area (Å²) in [6.07, 6.45) is 1.09. The Balaban J connectivity index is 1.60. The van der Waals surface area contributed by atoms with Crippen molar-refractivity contribution in [2.45, 2.75) is 16.6 Å². The molecule has 1 fully saturated rings. The molecule has 0 N–H and O–H groups in total. The highest BCUT2D eigenvalue weighted by molar-refractivity contribution is 7.99. The Kier molecular flexibility index (Phi) is 5.73. The first kappa shape index (κ1) is 17.4. The second kappa shape index (κ2) is 8.57. The summed E-state index contributed by atoms with van der Waals surface area (Å²) in [6.45, 7) is 1.70. The van der Waals surface area contributed by atoms with Gasteiger partial charge in [-0.25, -0.2) is 0 Å². The molecule has 1 saturated heterocycles. The average Bonchev–Trinajstić information content (AvgIpc) is 3.16. The van der Waals surface area contributed by atoms with Gasteiger partial charge >= 0.3 is 0 Å². The fraction of sp³-hybridized carbons (Fsp3) is 0.250. The predicted molar refractivity (Wildman–Crippen MR) is 109 cm³/mol. The van der Waals surface area contributed by atoms with Gasteiger partial charge in [-0.2, -0.15) is 0 Å². The maximum Gasteiger partial charge on any atom is 0.0512 e. The third kappa shape index (κ3) is 4.20. The van der Waals surface area contributed by atoms with E-state index in [4.69, 9.17) is 4.74 Å². The summed E-state index contributed by atoms with van der Waals surface area (Å²) in [4.78, 5) is 1.33. The highest BCUT2D eigenvalue weighted by Crippen LogP contribution is 2.46. The van der Waals surface area contributed by atoms with Gasteiger partial charge < -0.3 is 4.74 Å². The van der Waals surface area contributed by atoms with Gasteiger partial charge in [0.1, 0.15) is 0 Å². The van der Waals surface area contributed by atoms with Crippen molar-refractivity contribution in [2.24, 2.45) is 11.8 Å². The van der Waals surface area contributed by atoms with E-state index in [0.29, 0.717) is 17.1 Å². The van der Waals surface area contributed by atoms with Crippen LogP contribution in [0.3, 0.4) is 0 Å². The van der Waals surface area contributed by atoms with Gasteiger partial charge in [0.05, 0.1) is 13.2 Å². The van der Waals surface area contributed by atoms with Crippen molar-refractivity contribution in [1.29, 1.82) is 0 Å². The van der Waals surface area contributed by atoms with Gasteiger partial charge in [-0.05, 0) is 35.6 Å². The van der Waals surface area contributed by atoms with Crippen LogP contribution in [0.25, 0.3) is 0 Å². The molecular formula is C24H24OS. The molecule has 0 amide bonds. The van der Waals surface area contributed by atoms with Crippen molar-refractivity contribution in [2.75, 3.05) is 13.2 Å². The molecule has 2 heteroatoms. The summed E-state index contributed by atoms with van der Waals surface area (Å²) < 4.78 is 5.97. The fourth-order valence-corrected chi connectivity index (χ4v) is 5.14. The maximum absolute atomic E-state index is 5.97. The van der Waals surface area contributed by atoms with E-state index in [1.807, 2.05) is 11.8 Å². The molecule has 1 nitrogen and oxygen atoms in total. The molecule has 1 unspecified atom stereocenters. The highest BCUT2D eigenvalue weighted by atomic mass is 32.2. The van der Waals surface area contributed by atoms with Crippen LogP contribution in [0.5, 0.6) is 0 Å². The Labute approximate surface area is 160 Å². The maximum atomic E-state index is 5.97. The van der Waals surface area contributed by atoms with Crippen LogP contribution >= 0.6 is 11.8 Å². The number of hydrogen-bond acceptors (Lipinski definition) is 2. The van der Waals surface area contributed by atoms with E-state index in [1.165, 1.54) is 16.0 Å². The van der Waals surface area contributed by atoms with Crippen LogP contribution in [-0.4, -0.2) is 13.2 Å². The summed E-state index contributed by atoms with van der Waals surface area (Å²) in [7, 11) is 0. The number of benzene rings is 3. The van der Waals surface area contributed by atoms with Crippen molar-refractivity contribution < 1.29 is 4.74 Å². The lowest BCUT2D eigenvalue weighted by molar-refractivity contribution is 0.180. The van der Waals surface area contributed by atoms with Crippen LogP contribution in [0.2, 0.25) is 0 Å². The minimum Gasteiger partial charge on any atom is -0.381 e. The number of thioether (sulfide) groups is 1. The van der Waals surface area contributed by atoms with Crippen molar-refractivity contribution >= 4 is 11.8 Å². The zero-order chi connectivity index (χ0) is 17.6. The molecule has 3 aromatic rings. The average molecular weight is 361 g/mol. The Hall–Kier alpha value is -2.03. The predicted octanol–water partition coefficient (Wildman–Crippen LogP) is 6.03. The van der Waals surface area contributed by atoms with Crippen LogP contribution in [-0.2, 0) is 11.2 Å². The van der Waals surface area contributed by atoms with Gasteiger partial charge in [-0.15, -0.1) is 11.8 Å². The van der Waals surface area contributed by atoms with Crippen molar-refractivity contribution in [1.82, 2.24) is 0 Å². The molecule has 0 radical (unpaired) electrons. The lowest BCUT2D eigenvalue weighted by atomic mass is 9.85. The largest absolute Gasteiger partial charge is 0.381 e. The molecule has 0 saturated carbocycles. The van der Waals surface area contributed by atoms with Gasteiger partial charge in [0.2, 0.25) is 0 Å². The summed E-state index contributed by atoms with van der Waals surface area (Å²) in [6, 6.07) is 32.5. The number of rotatable bonds is 6. The van der Waals surface area contributed by atoms with E-state index >= 15 is 0 Å². The topological polar surface area (TPSA) is 9.23 Å². The van der Waals surface area contributed by atoms with E-state index in [0.717, 1.165) is 19.6 Å². The zero-order valence-corrected chi connectivity index (χ0v) is 15.6. The third-order valence-corrected chi connectivity index (χ3v) is 6.53. The van der Waals surface area contributed by atoms with E-state index in [2.05, 4.69) is 91.0 Å². The van der Waals surface area contributed by atoms with Crippen LogP contribution in [0.15, 0.2) is 95.9 Å². The van der Waals surface area contributed by atoms with E-state index in [9.17, 15) is 0 Å². The Bertz CT molecular complexity index is 788. The molecule has 4 rings (SSSR count). The lowest BCUT2D eigenvalue weighted by Gasteiger charge is -2.27. The number of hydrogen-bond donors (Lipinski definition) is 0. The van der Waals surface area contributed by atoms with Crippen LogP contribution in [0.1, 0.15) is 16.4 Å². The first-order valence-electron chi connectivity index (χ1n) is 9.28. The number of ether oxygens (including phenoxy) is 1. The summed E-state index contributed by atoms with van der Waals surface area (Å²) in [5.41, 5.74) is 2.81. The van der Waals surface area contributed by atoms with Crippen LogP contribution in [0, 0.1) is 11.8 Å². The van der Waals surface area contributed by atoms with Gasteiger partial charge in [0.25, 0.3) is 0 Å². The minimum atomic E-state index is 0.412. The smallest absolute Gasteiger partial charge is 0.0512 e. The molecule has 1 heterocycles. The summed E-state index contributed by atoms with van der Waals surface area (Å²) in [5.74, 6) is 1.07. The molecule has 0 bridgehead atoms.